The highest BCUT2D eigenvalue weighted by molar-refractivity contribution is 5.26. The fraction of sp³-hybridized carbons (Fsp3) is 0.500. The van der Waals surface area contributed by atoms with Crippen LogP contribution in [0.3, 0.4) is 0 Å². The van der Waals surface area contributed by atoms with Crippen LogP contribution >= 0.6 is 0 Å². The lowest BCUT2D eigenvalue weighted by molar-refractivity contribution is 0.114. The van der Waals surface area contributed by atoms with E-state index in [4.69, 9.17) is 10.00 Å². The van der Waals surface area contributed by atoms with Crippen LogP contribution in [0.4, 0.5) is 0 Å². The smallest absolute Gasteiger partial charge is 0.140 e. The van der Waals surface area contributed by atoms with Gasteiger partial charge < -0.3 is 10.1 Å². The van der Waals surface area contributed by atoms with Crippen molar-refractivity contribution in [1.82, 2.24) is 10.3 Å². The number of hydrogen-bond acceptors (Lipinski definition) is 4. The van der Waals surface area contributed by atoms with Crippen LogP contribution in [0.15, 0.2) is 18.3 Å². The molecule has 1 aromatic rings. The van der Waals surface area contributed by atoms with Gasteiger partial charge in [0.2, 0.25) is 0 Å². The molecule has 2 rings (SSSR count). The normalized spacial score (nSPS) is 24.8. The minimum Gasteiger partial charge on any atom is -0.487 e. The number of nitrogens with one attached hydrogen (secondary N) is 1. The van der Waals surface area contributed by atoms with Crippen molar-refractivity contribution in [3.8, 4) is 11.8 Å². The minimum atomic E-state index is 0.198. The lowest BCUT2D eigenvalue weighted by atomic mass is 9.97. The average Bonchev–Trinajstić information content (AvgIpc) is 2.33. The van der Waals surface area contributed by atoms with Gasteiger partial charge in [-0.05, 0) is 31.0 Å². The molecule has 1 fully saturated rings. The summed E-state index contributed by atoms with van der Waals surface area (Å²) in [6, 6.07) is 5.46. The maximum absolute atomic E-state index is 8.63. The fourth-order valence-corrected chi connectivity index (χ4v) is 1.81. The van der Waals surface area contributed by atoms with E-state index in [9.17, 15) is 0 Å². The van der Waals surface area contributed by atoms with Gasteiger partial charge in [-0.3, -0.25) is 0 Å². The van der Waals surface area contributed by atoms with Crippen molar-refractivity contribution in [2.24, 2.45) is 5.92 Å². The SMILES string of the molecule is CC1CCNCC1Oc1ccc(C#N)nc1. The van der Waals surface area contributed by atoms with E-state index in [1.165, 1.54) is 0 Å². The van der Waals surface area contributed by atoms with E-state index in [1.807, 2.05) is 6.07 Å². The Labute approximate surface area is 95.3 Å². The van der Waals surface area contributed by atoms with Crippen LogP contribution in [0.2, 0.25) is 0 Å². The third-order valence-electron chi connectivity index (χ3n) is 2.90. The van der Waals surface area contributed by atoms with Crippen molar-refractivity contribution in [3.63, 3.8) is 0 Å². The van der Waals surface area contributed by atoms with Crippen LogP contribution in [-0.4, -0.2) is 24.2 Å². The molecule has 84 valence electrons. The number of piperidine rings is 1. The zero-order valence-corrected chi connectivity index (χ0v) is 9.31. The highest BCUT2D eigenvalue weighted by Crippen LogP contribution is 2.18. The number of ether oxygens (including phenoxy) is 1. The number of aromatic nitrogens is 1. The Morgan fingerprint density at radius 3 is 3.06 bits per heavy atom. The molecule has 2 atom stereocenters. The van der Waals surface area contributed by atoms with Crippen LogP contribution in [0.5, 0.6) is 5.75 Å². The molecule has 1 aliphatic heterocycles. The van der Waals surface area contributed by atoms with Gasteiger partial charge in [0.1, 0.15) is 23.6 Å². The first-order chi connectivity index (χ1) is 7.79. The predicted molar refractivity (Wildman–Crippen MR) is 60.0 cm³/mol. The van der Waals surface area contributed by atoms with Gasteiger partial charge in [-0.1, -0.05) is 6.92 Å². The molecule has 0 aliphatic carbocycles. The molecular weight excluding hydrogens is 202 g/mol. The van der Waals surface area contributed by atoms with Crippen molar-refractivity contribution in [2.75, 3.05) is 13.1 Å². The maximum Gasteiger partial charge on any atom is 0.140 e. The average molecular weight is 217 g/mol. The summed E-state index contributed by atoms with van der Waals surface area (Å²) in [5.74, 6) is 1.29. The standard InChI is InChI=1S/C12H15N3O/c1-9-4-5-14-8-12(9)16-11-3-2-10(6-13)15-7-11/h2-3,7,9,12,14H,4-5,8H2,1H3. The molecule has 1 aliphatic rings. The van der Waals surface area contributed by atoms with Crippen molar-refractivity contribution >= 4 is 0 Å². The van der Waals surface area contributed by atoms with E-state index in [1.54, 1.807) is 18.3 Å². The molecule has 1 saturated heterocycles. The Morgan fingerprint density at radius 2 is 2.44 bits per heavy atom. The van der Waals surface area contributed by atoms with E-state index in [0.717, 1.165) is 25.3 Å². The van der Waals surface area contributed by atoms with E-state index >= 15 is 0 Å². The van der Waals surface area contributed by atoms with Gasteiger partial charge in [0, 0.05) is 6.54 Å². The summed E-state index contributed by atoms with van der Waals surface area (Å²) in [6.07, 6.45) is 2.94. The summed E-state index contributed by atoms with van der Waals surface area (Å²) in [6.45, 7) is 4.14. The Morgan fingerprint density at radius 1 is 1.56 bits per heavy atom. The molecule has 2 unspecified atom stereocenters. The third-order valence-corrected chi connectivity index (χ3v) is 2.90. The monoisotopic (exact) mass is 217 g/mol. The zero-order chi connectivity index (χ0) is 11.4. The summed E-state index contributed by atoms with van der Waals surface area (Å²) in [7, 11) is 0. The predicted octanol–water partition coefficient (Wildman–Crippen LogP) is 1.33. The number of rotatable bonds is 2. The summed E-state index contributed by atoms with van der Waals surface area (Å²) < 4.78 is 5.83. The van der Waals surface area contributed by atoms with Gasteiger partial charge >= 0.3 is 0 Å². The molecule has 0 bridgehead atoms. The maximum atomic E-state index is 8.63. The van der Waals surface area contributed by atoms with Crippen molar-refractivity contribution in [3.05, 3.63) is 24.0 Å². The lowest BCUT2D eigenvalue weighted by Crippen LogP contribution is -2.42. The quantitative estimate of drug-likeness (QED) is 0.812. The molecule has 4 heteroatoms. The van der Waals surface area contributed by atoms with Crippen LogP contribution in [0, 0.1) is 17.2 Å². The zero-order valence-electron chi connectivity index (χ0n) is 9.31. The first kappa shape index (κ1) is 10.9. The first-order valence-electron chi connectivity index (χ1n) is 5.53. The highest BCUT2D eigenvalue weighted by atomic mass is 16.5. The molecule has 2 heterocycles. The molecule has 1 aromatic heterocycles. The second-order valence-electron chi connectivity index (χ2n) is 4.12. The van der Waals surface area contributed by atoms with Gasteiger partial charge in [-0.2, -0.15) is 5.26 Å². The molecule has 0 aromatic carbocycles. The van der Waals surface area contributed by atoms with Crippen LogP contribution in [0.25, 0.3) is 0 Å². The summed E-state index contributed by atoms with van der Waals surface area (Å²) >= 11 is 0. The first-order valence-corrected chi connectivity index (χ1v) is 5.53. The molecule has 16 heavy (non-hydrogen) atoms. The minimum absolute atomic E-state index is 0.198. The lowest BCUT2D eigenvalue weighted by Gasteiger charge is -2.29. The Kier molecular flexibility index (Phi) is 3.37. The Bertz CT molecular complexity index is 382. The van der Waals surface area contributed by atoms with Crippen molar-refractivity contribution in [1.29, 1.82) is 5.26 Å². The molecule has 0 saturated carbocycles. The van der Waals surface area contributed by atoms with E-state index in [2.05, 4.69) is 17.2 Å². The Balaban J connectivity index is 2.00. The fourth-order valence-electron chi connectivity index (χ4n) is 1.81. The van der Waals surface area contributed by atoms with Crippen LogP contribution in [0.1, 0.15) is 19.0 Å². The summed E-state index contributed by atoms with van der Waals surface area (Å²) in [5.41, 5.74) is 0.419. The van der Waals surface area contributed by atoms with Gasteiger partial charge in [0.05, 0.1) is 6.20 Å². The largest absolute Gasteiger partial charge is 0.487 e. The molecule has 1 N–H and O–H groups in total. The molecular formula is C12H15N3O. The van der Waals surface area contributed by atoms with Crippen LogP contribution < -0.4 is 10.1 Å². The van der Waals surface area contributed by atoms with Gasteiger partial charge in [0.15, 0.2) is 0 Å². The second kappa shape index (κ2) is 4.95. The van der Waals surface area contributed by atoms with Crippen molar-refractivity contribution < 1.29 is 4.74 Å². The number of pyridine rings is 1. The van der Waals surface area contributed by atoms with E-state index in [0.29, 0.717) is 11.6 Å². The summed E-state index contributed by atoms with van der Waals surface area (Å²) in [4.78, 5) is 3.98. The molecule has 0 radical (unpaired) electrons. The van der Waals surface area contributed by atoms with E-state index in [-0.39, 0.29) is 6.10 Å². The molecule has 4 nitrogen and oxygen atoms in total. The summed E-state index contributed by atoms with van der Waals surface area (Å²) in [5, 5.41) is 11.9. The van der Waals surface area contributed by atoms with Crippen molar-refractivity contribution in [2.45, 2.75) is 19.4 Å². The van der Waals surface area contributed by atoms with Gasteiger partial charge in [-0.15, -0.1) is 0 Å². The Hall–Kier alpha value is -1.60. The number of nitriles is 1. The molecule has 0 amide bonds. The molecule has 0 spiro atoms. The highest BCUT2D eigenvalue weighted by Gasteiger charge is 2.22. The van der Waals surface area contributed by atoms with Crippen LogP contribution in [-0.2, 0) is 0 Å². The second-order valence-corrected chi connectivity index (χ2v) is 4.12. The van der Waals surface area contributed by atoms with E-state index < -0.39 is 0 Å². The van der Waals surface area contributed by atoms with Gasteiger partial charge in [-0.25, -0.2) is 4.98 Å². The van der Waals surface area contributed by atoms with Gasteiger partial charge in [0.25, 0.3) is 0 Å². The third kappa shape index (κ3) is 2.50. The topological polar surface area (TPSA) is 57.9 Å². The number of nitrogens with zero attached hydrogens (tertiary/aromatic N) is 2. The number of hydrogen-bond donors (Lipinski definition) is 1.